The number of ketones is 1. The Bertz CT molecular complexity index is 821. The topological polar surface area (TPSA) is 34.1 Å². The second kappa shape index (κ2) is 8.73. The Balaban J connectivity index is 2.38. The molecule has 0 amide bonds. The molecular weight excluding hydrogens is 339 g/mol. The lowest BCUT2D eigenvalue weighted by Gasteiger charge is -2.16. The van der Waals surface area contributed by atoms with Gasteiger partial charge in [-0.1, -0.05) is 32.9 Å². The van der Waals surface area contributed by atoms with Crippen molar-refractivity contribution in [2.24, 2.45) is 11.8 Å². The van der Waals surface area contributed by atoms with E-state index >= 15 is 0 Å². The predicted octanol–water partition coefficient (Wildman–Crippen LogP) is 5.98. The first-order chi connectivity index (χ1) is 12.2. The molecule has 0 heterocycles. The van der Waals surface area contributed by atoms with Crippen molar-refractivity contribution in [3.8, 4) is 0 Å². The van der Waals surface area contributed by atoms with Crippen molar-refractivity contribution >= 4 is 19.5 Å². The number of hydrogen-bond donors (Lipinski definition) is 0. The van der Waals surface area contributed by atoms with E-state index in [9.17, 15) is 9.36 Å². The predicted molar refractivity (Wildman–Crippen MR) is 110 cm³/mol. The summed E-state index contributed by atoms with van der Waals surface area (Å²) in [6.45, 7) is 12.8. The monoisotopic (exact) mass is 368 g/mol. The Morgan fingerprint density at radius 1 is 1.00 bits per heavy atom. The zero-order valence-corrected chi connectivity index (χ0v) is 17.6. The molecule has 0 radical (unpaired) electrons. The summed E-state index contributed by atoms with van der Waals surface area (Å²) < 4.78 is 11.5. The molecule has 2 aromatic rings. The number of aryl methyl sites for hydroxylation is 1. The SMILES string of the molecule is Cc1ccc(C(=O)c2ccc(P=O)c(CC(C)CC(C)C)c2)c(C)c1C. The quantitative estimate of drug-likeness (QED) is 0.445. The van der Waals surface area contributed by atoms with Crippen molar-refractivity contribution in [1.82, 2.24) is 0 Å². The summed E-state index contributed by atoms with van der Waals surface area (Å²) >= 11 is 0. The van der Waals surface area contributed by atoms with E-state index in [0.29, 0.717) is 17.4 Å². The van der Waals surface area contributed by atoms with E-state index < -0.39 is 0 Å². The molecule has 2 aromatic carbocycles. The van der Waals surface area contributed by atoms with Crippen LogP contribution in [0, 0.1) is 32.6 Å². The van der Waals surface area contributed by atoms with Crippen LogP contribution in [0.4, 0.5) is 0 Å². The molecule has 2 nitrogen and oxygen atoms in total. The van der Waals surface area contributed by atoms with Crippen LogP contribution in [0.3, 0.4) is 0 Å². The Morgan fingerprint density at radius 2 is 1.69 bits per heavy atom. The van der Waals surface area contributed by atoms with Crippen molar-refractivity contribution < 1.29 is 9.36 Å². The van der Waals surface area contributed by atoms with Crippen LogP contribution in [0.15, 0.2) is 30.3 Å². The highest BCUT2D eigenvalue weighted by Gasteiger charge is 2.17. The van der Waals surface area contributed by atoms with E-state index in [4.69, 9.17) is 0 Å². The van der Waals surface area contributed by atoms with E-state index in [0.717, 1.165) is 40.4 Å². The summed E-state index contributed by atoms with van der Waals surface area (Å²) in [6, 6.07) is 9.49. The zero-order chi connectivity index (χ0) is 19.4. The van der Waals surface area contributed by atoms with Gasteiger partial charge < -0.3 is 0 Å². The lowest BCUT2D eigenvalue weighted by atomic mass is 9.90. The molecule has 0 aliphatic heterocycles. The average Bonchev–Trinajstić information content (AvgIpc) is 2.58. The van der Waals surface area contributed by atoms with Gasteiger partial charge >= 0.3 is 0 Å². The summed E-state index contributed by atoms with van der Waals surface area (Å²) in [7, 11) is 0.0161. The number of rotatable bonds is 7. The normalized spacial score (nSPS) is 12.6. The maximum Gasteiger partial charge on any atom is 0.193 e. The fourth-order valence-corrected chi connectivity index (χ4v) is 4.01. The van der Waals surface area contributed by atoms with E-state index in [1.165, 1.54) is 5.56 Å². The van der Waals surface area contributed by atoms with Gasteiger partial charge in [0, 0.05) is 16.4 Å². The number of benzene rings is 2. The smallest absolute Gasteiger partial charge is 0.193 e. The van der Waals surface area contributed by atoms with Crippen molar-refractivity contribution in [2.45, 2.75) is 54.4 Å². The van der Waals surface area contributed by atoms with Crippen LogP contribution in [0.5, 0.6) is 0 Å². The number of carbonyl (C=O) groups is 1. The summed E-state index contributed by atoms with van der Waals surface area (Å²) in [5.41, 5.74) is 5.84. The van der Waals surface area contributed by atoms with Gasteiger partial charge in [-0.05, 0) is 85.9 Å². The molecule has 0 aromatic heterocycles. The molecule has 3 heteroatoms. The van der Waals surface area contributed by atoms with E-state index in [1.807, 2.05) is 31.2 Å². The minimum Gasteiger partial charge on any atom is -0.289 e. The third kappa shape index (κ3) is 4.68. The molecule has 2 rings (SSSR count). The van der Waals surface area contributed by atoms with Crippen molar-refractivity contribution in [3.63, 3.8) is 0 Å². The van der Waals surface area contributed by atoms with Gasteiger partial charge in [0.25, 0.3) is 0 Å². The van der Waals surface area contributed by atoms with Gasteiger partial charge in [0.1, 0.15) is 0 Å². The summed E-state index contributed by atoms with van der Waals surface area (Å²) in [4.78, 5) is 13.1. The van der Waals surface area contributed by atoms with Gasteiger partial charge in [-0.15, -0.1) is 0 Å². The molecule has 0 N–H and O–H groups in total. The summed E-state index contributed by atoms with van der Waals surface area (Å²) in [6.07, 6.45) is 1.96. The number of hydrogen-bond acceptors (Lipinski definition) is 2. The fraction of sp³-hybridized carbons (Fsp3) is 0.435. The summed E-state index contributed by atoms with van der Waals surface area (Å²) in [5.74, 6) is 1.16. The highest BCUT2D eigenvalue weighted by molar-refractivity contribution is 7.34. The maximum atomic E-state index is 13.1. The van der Waals surface area contributed by atoms with Crippen molar-refractivity contribution in [1.29, 1.82) is 0 Å². The highest BCUT2D eigenvalue weighted by Crippen LogP contribution is 2.23. The van der Waals surface area contributed by atoms with Crippen LogP contribution in [0.2, 0.25) is 0 Å². The van der Waals surface area contributed by atoms with Crippen LogP contribution in [0.1, 0.15) is 65.4 Å². The van der Waals surface area contributed by atoms with E-state index in [1.54, 1.807) is 6.07 Å². The average molecular weight is 368 g/mol. The second-order valence-electron chi connectivity index (χ2n) is 7.88. The van der Waals surface area contributed by atoms with Gasteiger partial charge in [-0.2, -0.15) is 0 Å². The third-order valence-electron chi connectivity index (χ3n) is 5.18. The number of carbonyl (C=O) groups excluding carboxylic acids is 1. The van der Waals surface area contributed by atoms with Crippen LogP contribution < -0.4 is 5.30 Å². The van der Waals surface area contributed by atoms with Crippen molar-refractivity contribution in [3.05, 3.63) is 63.7 Å². The molecule has 1 unspecified atom stereocenters. The Hall–Kier alpha value is -1.79. The van der Waals surface area contributed by atoms with Crippen LogP contribution in [-0.2, 0) is 11.0 Å². The second-order valence-corrected chi connectivity index (χ2v) is 8.55. The van der Waals surface area contributed by atoms with Gasteiger partial charge in [0.05, 0.1) is 0 Å². The van der Waals surface area contributed by atoms with Crippen molar-refractivity contribution in [2.75, 3.05) is 0 Å². The standard InChI is InChI=1S/C23H29O2P/c1-14(2)11-15(3)12-20-13-19(8-10-22(20)26-25)23(24)21-9-7-16(4)17(5)18(21)6/h7-10,13-15H,11-12H2,1-6H3. The molecule has 0 saturated heterocycles. The first-order valence-electron chi connectivity index (χ1n) is 9.32. The Kier molecular flexibility index (Phi) is 6.89. The highest BCUT2D eigenvalue weighted by atomic mass is 31.1. The van der Waals surface area contributed by atoms with Gasteiger partial charge in [-0.25, -0.2) is 0 Å². The minimum atomic E-state index is 0.0161. The fourth-order valence-electron chi connectivity index (χ4n) is 3.60. The third-order valence-corrected chi connectivity index (χ3v) is 5.82. The molecule has 138 valence electrons. The molecular formula is C23H29O2P. The molecule has 0 bridgehead atoms. The molecule has 0 saturated carbocycles. The maximum absolute atomic E-state index is 13.1. The van der Waals surface area contributed by atoms with Gasteiger partial charge in [0.15, 0.2) is 14.2 Å². The minimum absolute atomic E-state index is 0.0161. The van der Waals surface area contributed by atoms with Crippen LogP contribution in [0.25, 0.3) is 0 Å². The molecule has 1 atom stereocenters. The van der Waals surface area contributed by atoms with Crippen LogP contribution in [-0.4, -0.2) is 5.78 Å². The summed E-state index contributed by atoms with van der Waals surface area (Å²) in [5, 5.41) is 0.786. The molecule has 0 aliphatic carbocycles. The first-order valence-corrected chi connectivity index (χ1v) is 10.1. The zero-order valence-electron chi connectivity index (χ0n) is 16.7. The molecule has 0 fully saturated rings. The largest absolute Gasteiger partial charge is 0.289 e. The Labute approximate surface area is 159 Å². The van der Waals surface area contributed by atoms with Crippen LogP contribution >= 0.6 is 8.46 Å². The first kappa shape index (κ1) is 20.5. The van der Waals surface area contributed by atoms with Gasteiger partial charge in [-0.3, -0.25) is 9.36 Å². The Morgan fingerprint density at radius 3 is 2.31 bits per heavy atom. The lowest BCUT2D eigenvalue weighted by Crippen LogP contribution is -2.13. The lowest BCUT2D eigenvalue weighted by molar-refractivity contribution is 0.103. The van der Waals surface area contributed by atoms with E-state index in [2.05, 4.69) is 34.6 Å². The molecule has 26 heavy (non-hydrogen) atoms. The molecule has 0 spiro atoms. The van der Waals surface area contributed by atoms with Gasteiger partial charge in [0.2, 0.25) is 0 Å². The molecule has 0 aliphatic rings. The van der Waals surface area contributed by atoms with E-state index in [-0.39, 0.29) is 14.2 Å².